The van der Waals surface area contributed by atoms with Crippen molar-refractivity contribution in [2.75, 3.05) is 19.0 Å². The van der Waals surface area contributed by atoms with Crippen LogP contribution in [-0.4, -0.2) is 28.6 Å². The summed E-state index contributed by atoms with van der Waals surface area (Å²) in [5, 5.41) is 4.23. The Labute approximate surface area is 94.2 Å². The summed E-state index contributed by atoms with van der Waals surface area (Å²) in [6.45, 7) is 2.91. The van der Waals surface area contributed by atoms with E-state index in [1.807, 2.05) is 0 Å². The van der Waals surface area contributed by atoms with Crippen molar-refractivity contribution in [1.82, 2.24) is 9.36 Å². The number of nitrogens with zero attached hydrogens (tertiary/aromatic N) is 2. The number of aryl methyl sites for hydroxylation is 1. The maximum Gasteiger partial charge on any atom is 0.202 e. The number of hydrogen-bond donors (Lipinski definition) is 1. The molecule has 1 aliphatic carbocycles. The molecule has 0 radical (unpaired) electrons. The van der Waals surface area contributed by atoms with E-state index in [-0.39, 0.29) is 5.60 Å². The summed E-state index contributed by atoms with van der Waals surface area (Å²) < 4.78 is 9.75. The molecule has 1 saturated carbocycles. The number of aromatic nitrogens is 2. The van der Waals surface area contributed by atoms with Crippen LogP contribution in [-0.2, 0) is 11.2 Å². The Kier molecular flexibility index (Phi) is 3.21. The summed E-state index contributed by atoms with van der Waals surface area (Å²) in [6.07, 6.45) is 4.46. The van der Waals surface area contributed by atoms with Gasteiger partial charge in [0.25, 0.3) is 0 Å². The molecular weight excluding hydrogens is 210 g/mol. The largest absolute Gasteiger partial charge is 0.376 e. The molecule has 1 aromatic rings. The zero-order valence-corrected chi connectivity index (χ0v) is 10.1. The molecule has 1 N–H and O–H groups in total. The van der Waals surface area contributed by atoms with E-state index in [0.29, 0.717) is 0 Å². The zero-order chi connectivity index (χ0) is 10.7. The third-order valence-electron chi connectivity index (χ3n) is 3.04. The first-order valence-electron chi connectivity index (χ1n) is 5.39. The average molecular weight is 227 g/mol. The lowest BCUT2D eigenvalue weighted by atomic mass is 9.80. The molecule has 0 amide bonds. The molecule has 0 bridgehead atoms. The van der Waals surface area contributed by atoms with Crippen molar-refractivity contribution in [3.63, 3.8) is 0 Å². The number of hydrogen-bond acceptors (Lipinski definition) is 5. The summed E-state index contributed by atoms with van der Waals surface area (Å²) in [7, 11) is 1.79. The van der Waals surface area contributed by atoms with E-state index < -0.39 is 0 Å². The van der Waals surface area contributed by atoms with Crippen molar-refractivity contribution >= 4 is 16.7 Å². The fourth-order valence-corrected chi connectivity index (χ4v) is 2.37. The molecule has 2 rings (SSSR count). The van der Waals surface area contributed by atoms with Crippen molar-refractivity contribution in [3.05, 3.63) is 5.82 Å². The molecule has 0 aliphatic heterocycles. The van der Waals surface area contributed by atoms with E-state index in [0.717, 1.165) is 36.8 Å². The minimum absolute atomic E-state index is 0.0536. The predicted octanol–water partition coefficient (Wildman–Crippen LogP) is 2.08. The van der Waals surface area contributed by atoms with Crippen molar-refractivity contribution in [2.45, 2.75) is 38.2 Å². The lowest BCUT2D eigenvalue weighted by Gasteiger charge is -2.40. The number of rotatable bonds is 5. The molecule has 84 valence electrons. The Hall–Kier alpha value is -0.680. The maximum absolute atomic E-state index is 5.52. The molecule has 15 heavy (non-hydrogen) atoms. The Bertz CT molecular complexity index is 317. The lowest BCUT2D eigenvalue weighted by molar-refractivity contribution is -0.0601. The van der Waals surface area contributed by atoms with Crippen LogP contribution in [0.4, 0.5) is 5.13 Å². The molecule has 0 saturated heterocycles. The SMILES string of the molecule is CCc1nsc(NCC2(OC)CCC2)n1. The maximum atomic E-state index is 5.52. The van der Waals surface area contributed by atoms with Crippen LogP contribution in [0.5, 0.6) is 0 Å². The number of nitrogens with one attached hydrogen (secondary N) is 1. The second-order valence-electron chi connectivity index (χ2n) is 3.96. The van der Waals surface area contributed by atoms with Gasteiger partial charge >= 0.3 is 0 Å². The van der Waals surface area contributed by atoms with Crippen LogP contribution in [0.1, 0.15) is 32.0 Å². The number of anilines is 1. The average Bonchev–Trinajstić information content (AvgIpc) is 2.65. The van der Waals surface area contributed by atoms with Crippen LogP contribution < -0.4 is 5.32 Å². The topological polar surface area (TPSA) is 47.0 Å². The second kappa shape index (κ2) is 4.45. The molecule has 4 nitrogen and oxygen atoms in total. The minimum atomic E-state index is 0.0536. The van der Waals surface area contributed by atoms with E-state index in [9.17, 15) is 0 Å². The summed E-state index contributed by atoms with van der Waals surface area (Å²) in [5.74, 6) is 0.919. The summed E-state index contributed by atoms with van der Waals surface area (Å²) in [6, 6.07) is 0. The van der Waals surface area contributed by atoms with Gasteiger partial charge in [-0.25, -0.2) is 4.98 Å². The van der Waals surface area contributed by atoms with Crippen molar-refractivity contribution < 1.29 is 4.74 Å². The first-order valence-corrected chi connectivity index (χ1v) is 6.17. The van der Waals surface area contributed by atoms with Crippen LogP contribution in [0.3, 0.4) is 0 Å². The molecule has 0 atom stereocenters. The summed E-state index contributed by atoms with van der Waals surface area (Å²) in [5.41, 5.74) is 0.0536. The molecule has 1 fully saturated rings. The molecule has 0 unspecified atom stereocenters. The highest BCUT2D eigenvalue weighted by molar-refractivity contribution is 7.09. The zero-order valence-electron chi connectivity index (χ0n) is 9.25. The highest BCUT2D eigenvalue weighted by atomic mass is 32.1. The van der Waals surface area contributed by atoms with Crippen molar-refractivity contribution in [3.8, 4) is 0 Å². The van der Waals surface area contributed by atoms with Gasteiger partial charge in [0.15, 0.2) is 0 Å². The Balaban J connectivity index is 1.86. The van der Waals surface area contributed by atoms with Gasteiger partial charge in [0, 0.05) is 31.6 Å². The van der Waals surface area contributed by atoms with Gasteiger partial charge in [0.2, 0.25) is 5.13 Å². The fraction of sp³-hybridized carbons (Fsp3) is 0.800. The van der Waals surface area contributed by atoms with Gasteiger partial charge in [0.1, 0.15) is 5.82 Å². The van der Waals surface area contributed by atoms with E-state index >= 15 is 0 Å². The highest BCUT2D eigenvalue weighted by Crippen LogP contribution is 2.35. The van der Waals surface area contributed by atoms with Crippen molar-refractivity contribution in [2.24, 2.45) is 0 Å². The second-order valence-corrected chi connectivity index (χ2v) is 4.72. The van der Waals surface area contributed by atoms with E-state index in [1.54, 1.807) is 7.11 Å². The molecule has 1 aliphatic rings. The first-order chi connectivity index (χ1) is 7.28. The van der Waals surface area contributed by atoms with E-state index in [1.165, 1.54) is 18.0 Å². The van der Waals surface area contributed by atoms with E-state index in [4.69, 9.17) is 4.74 Å². The smallest absolute Gasteiger partial charge is 0.202 e. The van der Waals surface area contributed by atoms with E-state index in [2.05, 4.69) is 21.6 Å². The molecular formula is C10H17N3OS. The number of methoxy groups -OCH3 is 1. The minimum Gasteiger partial charge on any atom is -0.376 e. The highest BCUT2D eigenvalue weighted by Gasteiger charge is 2.36. The first kappa shape index (κ1) is 10.8. The third-order valence-corrected chi connectivity index (χ3v) is 3.75. The monoisotopic (exact) mass is 227 g/mol. The van der Waals surface area contributed by atoms with Gasteiger partial charge in [-0.15, -0.1) is 0 Å². The van der Waals surface area contributed by atoms with Crippen LogP contribution >= 0.6 is 11.5 Å². The van der Waals surface area contributed by atoms with Gasteiger partial charge in [-0.2, -0.15) is 4.37 Å². The lowest BCUT2D eigenvalue weighted by Crippen LogP contribution is -2.45. The van der Waals surface area contributed by atoms with Gasteiger partial charge in [-0.05, 0) is 19.3 Å². The number of ether oxygens (including phenoxy) is 1. The molecule has 0 aromatic carbocycles. The molecule has 0 spiro atoms. The van der Waals surface area contributed by atoms with Gasteiger partial charge in [0.05, 0.1) is 5.60 Å². The summed E-state index contributed by atoms with van der Waals surface area (Å²) in [4.78, 5) is 4.37. The van der Waals surface area contributed by atoms with Crippen LogP contribution in [0.15, 0.2) is 0 Å². The predicted molar refractivity (Wildman–Crippen MR) is 61.4 cm³/mol. The Morgan fingerprint density at radius 3 is 2.80 bits per heavy atom. The van der Waals surface area contributed by atoms with Gasteiger partial charge in [-0.1, -0.05) is 6.92 Å². The fourth-order valence-electron chi connectivity index (χ4n) is 1.73. The van der Waals surface area contributed by atoms with Gasteiger partial charge < -0.3 is 10.1 Å². The quantitative estimate of drug-likeness (QED) is 0.836. The normalized spacial score (nSPS) is 18.5. The summed E-state index contributed by atoms with van der Waals surface area (Å²) >= 11 is 1.43. The molecule has 5 heteroatoms. The Morgan fingerprint density at radius 1 is 1.53 bits per heavy atom. The van der Waals surface area contributed by atoms with Crippen LogP contribution in [0.25, 0.3) is 0 Å². The van der Waals surface area contributed by atoms with Crippen molar-refractivity contribution in [1.29, 1.82) is 0 Å². The third kappa shape index (κ3) is 2.29. The van der Waals surface area contributed by atoms with Gasteiger partial charge in [-0.3, -0.25) is 0 Å². The Morgan fingerprint density at radius 2 is 2.33 bits per heavy atom. The van der Waals surface area contributed by atoms with Crippen LogP contribution in [0.2, 0.25) is 0 Å². The molecule has 1 aromatic heterocycles. The molecule has 1 heterocycles. The standard InChI is InChI=1S/C10H17N3OS/c1-3-8-12-9(15-13-8)11-7-10(14-2)5-4-6-10/h3-7H2,1-2H3,(H,11,12,13). The van der Waals surface area contributed by atoms with Crippen LogP contribution in [0, 0.1) is 0 Å².